The molecule has 2 nitrogen and oxygen atoms in total. The fourth-order valence-electron chi connectivity index (χ4n) is 0.166. The van der Waals surface area contributed by atoms with Gasteiger partial charge in [0.2, 0.25) is 0 Å². The van der Waals surface area contributed by atoms with Crippen LogP contribution < -0.4 is 0 Å². The van der Waals surface area contributed by atoms with Crippen LogP contribution >= 0.6 is 0 Å². The summed E-state index contributed by atoms with van der Waals surface area (Å²) in [5.41, 5.74) is 0. The number of hydrogen-bond donors (Lipinski definition) is 0. The van der Waals surface area contributed by atoms with Crippen molar-refractivity contribution in [3.8, 4) is 0 Å². The van der Waals surface area contributed by atoms with Crippen molar-refractivity contribution in [3.05, 3.63) is 0 Å². The molecule has 0 aliphatic heterocycles. The first-order valence-electron chi connectivity index (χ1n) is 1.93. The predicted octanol–water partition coefficient (Wildman–Crippen LogP) is 0.219. The third-order valence-corrected chi connectivity index (χ3v) is 0.390. The van der Waals surface area contributed by atoms with Gasteiger partial charge in [-0.05, 0) is 6.92 Å². The van der Waals surface area contributed by atoms with E-state index in [1.165, 1.54) is 0 Å². The van der Waals surface area contributed by atoms with Crippen molar-refractivity contribution < 1.29 is 42.2 Å². The van der Waals surface area contributed by atoms with E-state index in [0.717, 1.165) is 6.29 Å². The monoisotopic (exact) mass is 177 g/mol. The van der Waals surface area contributed by atoms with Gasteiger partial charge in [0.25, 0.3) is 0 Å². The van der Waals surface area contributed by atoms with E-state index >= 15 is 0 Å². The van der Waals surface area contributed by atoms with Crippen molar-refractivity contribution in [2.24, 2.45) is 0 Å². The fraction of sp³-hybridized carbons (Fsp3) is 0.750. The molecule has 0 atom stereocenters. The fourth-order valence-corrected chi connectivity index (χ4v) is 0.166. The van der Waals surface area contributed by atoms with Gasteiger partial charge in [-0.2, -0.15) is 0 Å². The Labute approximate surface area is 68.5 Å². The predicted molar refractivity (Wildman–Crippen MR) is 22.6 cm³/mol. The molecule has 0 heterocycles. The molecule has 0 saturated heterocycles. The first-order valence-corrected chi connectivity index (χ1v) is 1.93. The average molecular weight is 177 g/mol. The van der Waals surface area contributed by atoms with Crippen molar-refractivity contribution in [1.82, 2.24) is 0 Å². The van der Waals surface area contributed by atoms with Crippen LogP contribution in [0.15, 0.2) is 0 Å². The molecule has 0 aromatic heterocycles. The van der Waals surface area contributed by atoms with E-state index in [2.05, 4.69) is 4.74 Å². The van der Waals surface area contributed by atoms with Crippen LogP contribution in [0, 0.1) is 0 Å². The average Bonchev–Trinajstić information content (AvgIpc) is 1.61. The summed E-state index contributed by atoms with van der Waals surface area (Å²) in [4.78, 5) is 9.44. The SMILES string of the molecule is CCOCC=O.[Y]. The maximum atomic E-state index is 9.44. The molecule has 0 unspecified atom stereocenters. The van der Waals surface area contributed by atoms with Crippen molar-refractivity contribution >= 4 is 6.29 Å². The van der Waals surface area contributed by atoms with Gasteiger partial charge in [-0.1, -0.05) is 0 Å². The van der Waals surface area contributed by atoms with Gasteiger partial charge in [0.05, 0.1) is 0 Å². The van der Waals surface area contributed by atoms with Crippen molar-refractivity contribution in [2.75, 3.05) is 13.2 Å². The molecule has 0 aliphatic carbocycles. The van der Waals surface area contributed by atoms with E-state index in [4.69, 9.17) is 0 Å². The molecule has 7 heavy (non-hydrogen) atoms. The molecule has 0 aromatic rings. The maximum Gasteiger partial charge on any atom is 0.145 e. The summed E-state index contributed by atoms with van der Waals surface area (Å²) in [6.07, 6.45) is 0.740. The summed E-state index contributed by atoms with van der Waals surface area (Å²) in [5, 5.41) is 0. The van der Waals surface area contributed by atoms with Crippen LogP contribution in [0.1, 0.15) is 6.92 Å². The normalized spacial score (nSPS) is 7.00. The van der Waals surface area contributed by atoms with Gasteiger partial charge in [0.1, 0.15) is 12.9 Å². The Morgan fingerprint density at radius 3 is 2.43 bits per heavy atom. The number of carbonyl (C=O) groups is 1. The molecule has 0 rings (SSSR count). The van der Waals surface area contributed by atoms with Crippen LogP contribution in [-0.2, 0) is 42.2 Å². The van der Waals surface area contributed by atoms with Crippen molar-refractivity contribution in [3.63, 3.8) is 0 Å². The first kappa shape index (κ1) is 10.7. The molecule has 0 aliphatic rings. The summed E-state index contributed by atoms with van der Waals surface area (Å²) >= 11 is 0. The van der Waals surface area contributed by atoms with E-state index in [9.17, 15) is 4.79 Å². The molecule has 0 bridgehead atoms. The molecule has 0 fully saturated rings. The summed E-state index contributed by atoms with van der Waals surface area (Å²) < 4.78 is 4.61. The van der Waals surface area contributed by atoms with Gasteiger partial charge in [0.15, 0.2) is 0 Å². The molecule has 0 amide bonds. The zero-order valence-corrected chi connectivity index (χ0v) is 7.22. The second-order valence-electron chi connectivity index (χ2n) is 0.826. The molecule has 0 spiro atoms. The molecule has 1 radical (unpaired) electrons. The Bertz CT molecular complexity index is 38.7. The minimum absolute atomic E-state index is 0. The van der Waals surface area contributed by atoms with E-state index in [1.807, 2.05) is 6.92 Å². The molecular weight excluding hydrogens is 169 g/mol. The molecule has 0 saturated carbocycles. The first-order chi connectivity index (χ1) is 2.91. The third-order valence-electron chi connectivity index (χ3n) is 0.390. The quantitative estimate of drug-likeness (QED) is 0.455. The van der Waals surface area contributed by atoms with Crippen LogP contribution in [0.2, 0.25) is 0 Å². The number of ether oxygens (including phenoxy) is 1. The minimum atomic E-state index is 0. The summed E-state index contributed by atoms with van der Waals surface area (Å²) in [6, 6.07) is 0. The largest absolute Gasteiger partial charge is 0.374 e. The zero-order chi connectivity index (χ0) is 4.83. The molecule has 3 heteroatoms. The topological polar surface area (TPSA) is 26.3 Å². The summed E-state index contributed by atoms with van der Waals surface area (Å²) in [7, 11) is 0. The molecular formula is C4H8O2Y. The standard InChI is InChI=1S/C4H8O2.Y/c1-2-6-4-3-5;/h3H,2,4H2,1H3;. The Morgan fingerprint density at radius 2 is 2.29 bits per heavy atom. The molecule has 0 aromatic carbocycles. The molecule has 0 N–H and O–H groups in total. The van der Waals surface area contributed by atoms with Gasteiger partial charge in [-0.3, -0.25) is 0 Å². The van der Waals surface area contributed by atoms with Gasteiger partial charge in [0, 0.05) is 39.3 Å². The number of rotatable bonds is 3. The van der Waals surface area contributed by atoms with Gasteiger partial charge in [-0.15, -0.1) is 0 Å². The van der Waals surface area contributed by atoms with Crippen LogP contribution in [0.5, 0.6) is 0 Å². The van der Waals surface area contributed by atoms with Crippen molar-refractivity contribution in [2.45, 2.75) is 6.92 Å². The zero-order valence-electron chi connectivity index (χ0n) is 4.39. The maximum absolute atomic E-state index is 9.44. The van der Waals surface area contributed by atoms with Crippen molar-refractivity contribution in [1.29, 1.82) is 0 Å². The Kier molecular flexibility index (Phi) is 15.1. The second-order valence-corrected chi connectivity index (χ2v) is 0.826. The number of hydrogen-bond acceptors (Lipinski definition) is 2. The molecule has 39 valence electrons. The van der Waals surface area contributed by atoms with E-state index in [-0.39, 0.29) is 39.3 Å². The van der Waals surface area contributed by atoms with Gasteiger partial charge >= 0.3 is 0 Å². The van der Waals surface area contributed by atoms with Gasteiger partial charge < -0.3 is 9.53 Å². The second kappa shape index (κ2) is 9.88. The third kappa shape index (κ3) is 10.8. The smallest absolute Gasteiger partial charge is 0.145 e. The Hall–Kier alpha value is 0.734. The van der Waals surface area contributed by atoms with E-state index in [0.29, 0.717) is 6.61 Å². The van der Waals surface area contributed by atoms with Crippen LogP contribution in [-0.4, -0.2) is 19.5 Å². The van der Waals surface area contributed by atoms with Gasteiger partial charge in [-0.25, -0.2) is 0 Å². The van der Waals surface area contributed by atoms with Crippen LogP contribution in [0.3, 0.4) is 0 Å². The minimum Gasteiger partial charge on any atom is -0.374 e. The van der Waals surface area contributed by atoms with Crippen LogP contribution in [0.25, 0.3) is 0 Å². The Morgan fingerprint density at radius 1 is 1.71 bits per heavy atom. The van der Waals surface area contributed by atoms with Crippen LogP contribution in [0.4, 0.5) is 0 Å². The summed E-state index contributed by atoms with van der Waals surface area (Å²) in [6.45, 7) is 2.71. The summed E-state index contributed by atoms with van der Waals surface area (Å²) in [5.74, 6) is 0. The number of aldehydes is 1. The van der Waals surface area contributed by atoms with E-state index < -0.39 is 0 Å². The van der Waals surface area contributed by atoms with E-state index in [1.54, 1.807) is 0 Å². The Balaban J connectivity index is 0. The number of carbonyl (C=O) groups excluding carboxylic acids is 1.